The Morgan fingerprint density at radius 3 is 2.72 bits per heavy atom. The predicted octanol–water partition coefficient (Wildman–Crippen LogP) is 3.89. The number of β-amino-alcohol motifs (C(OH)–C–C–N with tert-alkyl or cyclic N) is 1. The summed E-state index contributed by atoms with van der Waals surface area (Å²) in [6, 6.07) is 14.5. The van der Waals surface area contributed by atoms with Gasteiger partial charge in [-0.05, 0) is 61.1 Å². The first-order chi connectivity index (χ1) is 19.1. The summed E-state index contributed by atoms with van der Waals surface area (Å²) in [5.41, 5.74) is 3.28. The normalized spacial score (nSPS) is 27.1. The molecule has 1 saturated carbocycles. The van der Waals surface area contributed by atoms with Crippen molar-refractivity contribution < 1.29 is 28.8 Å². The van der Waals surface area contributed by atoms with E-state index < -0.39 is 6.10 Å². The number of rotatable bonds is 11. The largest absolute Gasteiger partial charge is 0.490 e. The van der Waals surface area contributed by atoms with Gasteiger partial charge in [0.1, 0.15) is 24.2 Å². The number of ether oxygens (including phenoxy) is 5. The second kappa shape index (κ2) is 13.8. The molecule has 0 amide bonds. The van der Waals surface area contributed by atoms with E-state index in [2.05, 4.69) is 34.5 Å². The highest BCUT2D eigenvalue weighted by Gasteiger charge is 2.34. The van der Waals surface area contributed by atoms with Gasteiger partial charge in [-0.15, -0.1) is 0 Å². The number of anilines is 1. The summed E-state index contributed by atoms with van der Waals surface area (Å²) in [5.74, 6) is 1.68. The number of aliphatic hydroxyl groups is 1. The number of fused-ring (bicyclic) bond motifs is 1. The Morgan fingerprint density at radius 2 is 1.90 bits per heavy atom. The van der Waals surface area contributed by atoms with E-state index in [4.69, 9.17) is 23.7 Å². The number of hydrogen-bond donors (Lipinski definition) is 2. The van der Waals surface area contributed by atoms with Crippen molar-refractivity contribution in [1.82, 2.24) is 5.32 Å². The van der Waals surface area contributed by atoms with Crippen molar-refractivity contribution in [2.45, 2.75) is 69.0 Å². The van der Waals surface area contributed by atoms with Gasteiger partial charge in [-0.2, -0.15) is 0 Å². The molecule has 1 saturated heterocycles. The minimum absolute atomic E-state index is 0.112. The molecule has 0 aromatic heterocycles. The highest BCUT2D eigenvalue weighted by Crippen LogP contribution is 2.35. The Morgan fingerprint density at radius 1 is 1.05 bits per heavy atom. The van der Waals surface area contributed by atoms with Crippen LogP contribution in [0.15, 0.2) is 42.5 Å². The van der Waals surface area contributed by atoms with Crippen LogP contribution in [0, 0.1) is 0 Å². The van der Waals surface area contributed by atoms with Crippen LogP contribution in [0.4, 0.5) is 5.69 Å². The monoisotopic (exact) mass is 540 g/mol. The van der Waals surface area contributed by atoms with E-state index >= 15 is 0 Å². The zero-order valence-corrected chi connectivity index (χ0v) is 23.3. The highest BCUT2D eigenvalue weighted by atomic mass is 16.5. The second-order valence-corrected chi connectivity index (χ2v) is 10.9. The number of methoxy groups -OCH3 is 2. The number of hydrogen-bond acceptors (Lipinski definition) is 8. The van der Waals surface area contributed by atoms with Crippen molar-refractivity contribution in [3.8, 4) is 11.5 Å². The summed E-state index contributed by atoms with van der Waals surface area (Å²) in [7, 11) is 3.52. The van der Waals surface area contributed by atoms with Gasteiger partial charge in [0.05, 0.1) is 37.2 Å². The molecule has 8 heteroatoms. The Hall–Kier alpha value is -2.36. The van der Waals surface area contributed by atoms with Crippen molar-refractivity contribution in [1.29, 1.82) is 0 Å². The fourth-order valence-corrected chi connectivity index (χ4v) is 6.10. The third kappa shape index (κ3) is 7.24. The number of nitrogens with zero attached hydrogens (tertiary/aromatic N) is 1. The molecule has 0 bridgehead atoms. The van der Waals surface area contributed by atoms with Gasteiger partial charge in [0.2, 0.25) is 0 Å². The first-order valence-corrected chi connectivity index (χ1v) is 14.4. The molecule has 5 rings (SSSR count). The topological polar surface area (TPSA) is 81.7 Å². The van der Waals surface area contributed by atoms with Gasteiger partial charge in [0, 0.05) is 52.8 Å². The van der Waals surface area contributed by atoms with Gasteiger partial charge in [0.15, 0.2) is 0 Å². The zero-order chi connectivity index (χ0) is 27.0. The average molecular weight is 541 g/mol. The van der Waals surface area contributed by atoms with E-state index in [1.165, 1.54) is 0 Å². The number of benzene rings is 2. The molecule has 39 heavy (non-hydrogen) atoms. The van der Waals surface area contributed by atoms with Crippen LogP contribution < -0.4 is 19.7 Å². The van der Waals surface area contributed by atoms with Gasteiger partial charge in [0.25, 0.3) is 0 Å². The van der Waals surface area contributed by atoms with Gasteiger partial charge >= 0.3 is 0 Å². The van der Waals surface area contributed by atoms with Crippen LogP contribution in [-0.4, -0.2) is 83.1 Å². The number of aliphatic hydroxyl groups excluding tert-OH is 1. The summed E-state index contributed by atoms with van der Waals surface area (Å²) in [6.45, 7) is 4.96. The molecular formula is C31H44N2O6. The predicted molar refractivity (Wildman–Crippen MR) is 151 cm³/mol. The SMILES string of the molecule is COCCCN1CCOc2ccc(COC3CNCC(O)[C@@H]3c3ccc(OC4CCCC(OC)C4)cc3)cc21. The second-order valence-electron chi connectivity index (χ2n) is 10.9. The van der Waals surface area contributed by atoms with Crippen molar-refractivity contribution >= 4 is 5.69 Å². The molecule has 1 aliphatic carbocycles. The first kappa shape index (κ1) is 28.2. The molecule has 0 radical (unpaired) electrons. The minimum Gasteiger partial charge on any atom is -0.490 e. The molecule has 4 unspecified atom stereocenters. The number of nitrogens with one attached hydrogen (secondary N) is 1. The Kier molecular flexibility index (Phi) is 9.98. The van der Waals surface area contributed by atoms with E-state index in [1.807, 2.05) is 18.2 Å². The molecular weight excluding hydrogens is 496 g/mol. The minimum atomic E-state index is -0.524. The maximum atomic E-state index is 11.0. The van der Waals surface area contributed by atoms with Crippen molar-refractivity contribution in [3.63, 3.8) is 0 Å². The van der Waals surface area contributed by atoms with Gasteiger partial charge in [-0.3, -0.25) is 0 Å². The summed E-state index contributed by atoms with van der Waals surface area (Å²) in [4.78, 5) is 2.36. The maximum Gasteiger partial charge on any atom is 0.142 e. The van der Waals surface area contributed by atoms with Crippen molar-refractivity contribution in [2.75, 3.05) is 58.5 Å². The third-order valence-corrected chi connectivity index (χ3v) is 8.22. The van der Waals surface area contributed by atoms with Crippen molar-refractivity contribution in [2.24, 2.45) is 0 Å². The molecule has 3 aliphatic rings. The smallest absolute Gasteiger partial charge is 0.142 e. The van der Waals surface area contributed by atoms with Crippen LogP contribution in [-0.2, 0) is 20.8 Å². The summed E-state index contributed by atoms with van der Waals surface area (Å²) >= 11 is 0. The lowest BCUT2D eigenvalue weighted by molar-refractivity contribution is -0.0328. The van der Waals surface area contributed by atoms with Gasteiger partial charge < -0.3 is 39.0 Å². The van der Waals surface area contributed by atoms with Crippen LogP contribution in [0.5, 0.6) is 11.5 Å². The highest BCUT2D eigenvalue weighted by molar-refractivity contribution is 5.61. The molecule has 214 valence electrons. The lowest BCUT2D eigenvalue weighted by atomic mass is 9.85. The molecule has 2 N–H and O–H groups in total. The van der Waals surface area contributed by atoms with E-state index in [9.17, 15) is 5.11 Å². The summed E-state index contributed by atoms with van der Waals surface area (Å²) in [6.07, 6.45) is 5.00. The lowest BCUT2D eigenvalue weighted by Gasteiger charge is -2.36. The van der Waals surface area contributed by atoms with E-state index in [1.54, 1.807) is 14.2 Å². The molecule has 5 atom stereocenters. The Bertz CT molecular complexity index is 1030. The van der Waals surface area contributed by atoms with Gasteiger partial charge in [-0.1, -0.05) is 18.2 Å². The van der Waals surface area contributed by atoms with Crippen LogP contribution in [0.1, 0.15) is 49.1 Å². The molecule has 2 aliphatic heterocycles. The van der Waals surface area contributed by atoms with Crippen LogP contribution in [0.25, 0.3) is 0 Å². The number of piperidine rings is 1. The van der Waals surface area contributed by atoms with Gasteiger partial charge in [-0.25, -0.2) is 0 Å². The van der Waals surface area contributed by atoms with E-state index in [-0.39, 0.29) is 24.2 Å². The van der Waals surface area contributed by atoms with Crippen LogP contribution in [0.3, 0.4) is 0 Å². The fraction of sp³-hybridized carbons (Fsp3) is 0.613. The summed E-state index contributed by atoms with van der Waals surface area (Å²) < 4.78 is 29.4. The standard InChI is InChI=1S/C31H44N2O6/c1-35-15-4-13-33-14-16-37-29-12-7-22(17-27(29)33)21-38-30-20-32-19-28(34)31(30)23-8-10-24(11-9-23)39-26-6-3-5-25(18-26)36-2/h7-12,17,25-26,28,30-32,34H,3-6,13-16,18-21H2,1-2H3/t25?,26?,28?,30?,31-/m0/s1. The molecule has 2 aromatic carbocycles. The molecule has 2 fully saturated rings. The Labute approximate surface area is 232 Å². The quantitative estimate of drug-likeness (QED) is 0.416. The molecule has 2 aromatic rings. The third-order valence-electron chi connectivity index (χ3n) is 8.22. The van der Waals surface area contributed by atoms with E-state index in [0.717, 1.165) is 80.1 Å². The molecule has 2 heterocycles. The fourth-order valence-electron chi connectivity index (χ4n) is 6.10. The van der Waals surface area contributed by atoms with E-state index in [0.29, 0.717) is 26.3 Å². The molecule has 0 spiro atoms. The summed E-state index contributed by atoms with van der Waals surface area (Å²) in [5, 5.41) is 14.3. The van der Waals surface area contributed by atoms with Crippen LogP contribution in [0.2, 0.25) is 0 Å². The van der Waals surface area contributed by atoms with Crippen molar-refractivity contribution in [3.05, 3.63) is 53.6 Å². The Balaban J connectivity index is 1.22. The average Bonchev–Trinajstić information content (AvgIpc) is 2.97. The zero-order valence-electron chi connectivity index (χ0n) is 23.3. The first-order valence-electron chi connectivity index (χ1n) is 14.4. The molecule has 8 nitrogen and oxygen atoms in total. The lowest BCUT2D eigenvalue weighted by Crippen LogP contribution is -2.49. The van der Waals surface area contributed by atoms with Crippen LogP contribution >= 0.6 is 0 Å². The maximum absolute atomic E-state index is 11.0.